The van der Waals surface area contributed by atoms with Crippen LogP contribution in [0.1, 0.15) is 5.56 Å². The summed E-state index contributed by atoms with van der Waals surface area (Å²) in [6.07, 6.45) is -5.19. The van der Waals surface area contributed by atoms with Gasteiger partial charge in [-0.1, -0.05) is 23.4 Å². The van der Waals surface area contributed by atoms with Crippen LogP contribution in [0.15, 0.2) is 33.6 Å². The Labute approximate surface area is 131 Å². The van der Waals surface area contributed by atoms with Crippen LogP contribution in [-0.2, 0) is 16.1 Å². The van der Waals surface area contributed by atoms with E-state index in [-0.39, 0.29) is 16.3 Å². The average molecular weight is 345 g/mol. The molecule has 1 heterocycles. The summed E-state index contributed by atoms with van der Waals surface area (Å²) in [6, 6.07) is 5.71. The number of halogens is 3. The molecule has 0 aliphatic heterocycles. The number of carboxylic acid groups (broad SMARTS) is 1. The van der Waals surface area contributed by atoms with Gasteiger partial charge in [0.2, 0.25) is 0 Å². The normalized spacial score (nSPS) is 11.3. The van der Waals surface area contributed by atoms with Crippen LogP contribution in [0.4, 0.5) is 13.2 Å². The van der Waals surface area contributed by atoms with E-state index >= 15 is 0 Å². The quantitative estimate of drug-likeness (QED) is 0.835. The van der Waals surface area contributed by atoms with E-state index in [9.17, 15) is 27.6 Å². The summed E-state index contributed by atoms with van der Waals surface area (Å²) in [5.41, 5.74) is 0.545. The molecule has 11 heteroatoms. The van der Waals surface area contributed by atoms with Gasteiger partial charge in [0.15, 0.2) is 5.82 Å². The maximum Gasteiger partial charge on any atom is 0.471 e. The summed E-state index contributed by atoms with van der Waals surface area (Å²) in [6.45, 7) is -1.69. The van der Waals surface area contributed by atoms with Crippen molar-refractivity contribution in [2.24, 2.45) is 0 Å². The molecular weight excluding hydrogens is 335 g/mol. The number of rotatable bonds is 5. The number of aliphatic carboxylic acids is 1. The Bertz CT molecular complexity index is 811. The molecule has 0 aliphatic rings. The van der Waals surface area contributed by atoms with Crippen molar-refractivity contribution in [2.75, 3.05) is 6.54 Å². The lowest BCUT2D eigenvalue weighted by molar-refractivity contribution is -0.187. The highest BCUT2D eigenvalue weighted by Gasteiger charge is 2.43. The molecule has 0 bridgehead atoms. The lowest BCUT2D eigenvalue weighted by atomic mass is 10.1. The summed E-state index contributed by atoms with van der Waals surface area (Å²) in [5, 5.41) is 12.1. The number of aromatic nitrogens is 2. The third kappa shape index (κ3) is 4.21. The Kier molecular flexibility index (Phi) is 4.71. The number of nitrogens with zero attached hydrogens (tertiary/aromatic N) is 2. The molecule has 8 nitrogen and oxygen atoms in total. The Hall–Kier alpha value is -3.11. The van der Waals surface area contributed by atoms with E-state index in [0.29, 0.717) is 5.56 Å². The van der Waals surface area contributed by atoms with Crippen LogP contribution in [0.2, 0.25) is 0 Å². The van der Waals surface area contributed by atoms with Gasteiger partial charge in [0.05, 0.1) is 0 Å². The Morgan fingerprint density at radius 1 is 1.33 bits per heavy atom. The SMILES string of the molecule is O=C(O)CN(Cc1cccc(-c2noc(=O)[nH]2)c1)C(=O)C(F)(F)F. The molecule has 2 rings (SSSR count). The van der Waals surface area contributed by atoms with Crippen molar-refractivity contribution in [3.63, 3.8) is 0 Å². The fourth-order valence-electron chi connectivity index (χ4n) is 1.93. The lowest BCUT2D eigenvalue weighted by Crippen LogP contribution is -2.43. The van der Waals surface area contributed by atoms with Crippen LogP contribution >= 0.6 is 0 Å². The highest BCUT2D eigenvalue weighted by Crippen LogP contribution is 2.21. The number of hydrogen-bond acceptors (Lipinski definition) is 5. The summed E-state index contributed by atoms with van der Waals surface area (Å²) >= 11 is 0. The largest absolute Gasteiger partial charge is 0.480 e. The summed E-state index contributed by atoms with van der Waals surface area (Å²) in [4.78, 5) is 35.4. The van der Waals surface area contributed by atoms with Crippen LogP contribution in [0.25, 0.3) is 11.4 Å². The molecular formula is C13H10F3N3O5. The van der Waals surface area contributed by atoms with E-state index in [2.05, 4.69) is 14.7 Å². The Balaban J connectivity index is 2.27. The standard InChI is InChI=1S/C13H10F3N3O5/c14-13(15,16)11(22)19(6-9(20)21)5-7-2-1-3-8(4-7)10-17-12(23)24-18-10/h1-4H,5-6H2,(H,20,21)(H,17,18,23). The van der Waals surface area contributed by atoms with E-state index in [1.807, 2.05) is 0 Å². The first-order chi connectivity index (χ1) is 11.2. The first-order valence-electron chi connectivity index (χ1n) is 6.40. The van der Waals surface area contributed by atoms with Gasteiger partial charge < -0.3 is 10.0 Å². The van der Waals surface area contributed by atoms with Crippen molar-refractivity contribution >= 4 is 11.9 Å². The van der Waals surface area contributed by atoms with Crippen molar-refractivity contribution in [1.82, 2.24) is 15.0 Å². The van der Waals surface area contributed by atoms with Gasteiger partial charge >= 0.3 is 23.8 Å². The second-order valence-electron chi connectivity index (χ2n) is 4.70. The minimum atomic E-state index is -5.19. The van der Waals surface area contributed by atoms with E-state index in [4.69, 9.17) is 5.11 Å². The molecule has 0 saturated carbocycles. The van der Waals surface area contributed by atoms with Gasteiger partial charge in [0.1, 0.15) is 6.54 Å². The lowest BCUT2D eigenvalue weighted by Gasteiger charge is -2.22. The first kappa shape index (κ1) is 17.2. The van der Waals surface area contributed by atoms with Crippen LogP contribution in [0.3, 0.4) is 0 Å². The third-order valence-corrected chi connectivity index (χ3v) is 2.87. The van der Waals surface area contributed by atoms with Gasteiger partial charge in [-0.05, 0) is 11.6 Å². The molecule has 0 aliphatic carbocycles. The smallest absolute Gasteiger partial charge is 0.471 e. The molecule has 2 aromatic rings. The Morgan fingerprint density at radius 3 is 2.58 bits per heavy atom. The number of carboxylic acids is 1. The van der Waals surface area contributed by atoms with Crippen LogP contribution < -0.4 is 5.76 Å². The fraction of sp³-hybridized carbons (Fsp3) is 0.231. The van der Waals surface area contributed by atoms with Gasteiger partial charge in [-0.2, -0.15) is 13.2 Å². The molecule has 1 aromatic heterocycles. The number of carbonyl (C=O) groups excluding carboxylic acids is 1. The number of alkyl halides is 3. The molecule has 0 fully saturated rings. The molecule has 0 unspecified atom stereocenters. The number of hydrogen-bond donors (Lipinski definition) is 2. The summed E-state index contributed by atoms with van der Waals surface area (Å²) in [5.74, 6) is -4.60. The summed E-state index contributed by atoms with van der Waals surface area (Å²) in [7, 11) is 0. The number of amides is 1. The van der Waals surface area contributed by atoms with Crippen molar-refractivity contribution in [1.29, 1.82) is 0 Å². The topological polar surface area (TPSA) is 116 Å². The summed E-state index contributed by atoms with van der Waals surface area (Å²) < 4.78 is 42.0. The predicted molar refractivity (Wildman–Crippen MR) is 71.7 cm³/mol. The van der Waals surface area contributed by atoms with E-state index in [0.717, 1.165) is 0 Å². The van der Waals surface area contributed by atoms with Crippen molar-refractivity contribution in [2.45, 2.75) is 12.7 Å². The maximum absolute atomic E-state index is 12.6. The van der Waals surface area contributed by atoms with E-state index in [1.54, 1.807) is 0 Å². The van der Waals surface area contributed by atoms with Crippen molar-refractivity contribution < 1.29 is 32.4 Å². The predicted octanol–water partition coefficient (Wildman–Crippen LogP) is 1.01. The number of aromatic amines is 1. The Morgan fingerprint density at radius 2 is 2.04 bits per heavy atom. The minimum absolute atomic E-state index is 0.0498. The average Bonchev–Trinajstić information content (AvgIpc) is 2.91. The van der Waals surface area contributed by atoms with Crippen LogP contribution in [0, 0.1) is 0 Å². The third-order valence-electron chi connectivity index (χ3n) is 2.87. The van der Waals surface area contributed by atoms with Crippen LogP contribution in [0.5, 0.6) is 0 Å². The molecule has 2 N–H and O–H groups in total. The zero-order valence-electron chi connectivity index (χ0n) is 11.8. The first-order valence-corrected chi connectivity index (χ1v) is 6.40. The number of H-pyrrole nitrogens is 1. The highest BCUT2D eigenvalue weighted by molar-refractivity contribution is 5.85. The maximum atomic E-state index is 12.6. The van der Waals surface area contributed by atoms with E-state index in [1.165, 1.54) is 24.3 Å². The molecule has 128 valence electrons. The second kappa shape index (κ2) is 6.56. The monoisotopic (exact) mass is 345 g/mol. The molecule has 0 atom stereocenters. The fourth-order valence-corrected chi connectivity index (χ4v) is 1.93. The molecule has 0 spiro atoms. The zero-order chi connectivity index (χ0) is 17.9. The van der Waals surface area contributed by atoms with Gasteiger partial charge in [-0.25, -0.2) is 4.79 Å². The van der Waals surface area contributed by atoms with Crippen molar-refractivity contribution in [3.8, 4) is 11.4 Å². The van der Waals surface area contributed by atoms with Gasteiger partial charge in [0, 0.05) is 12.1 Å². The van der Waals surface area contributed by atoms with Gasteiger partial charge in [-0.15, -0.1) is 0 Å². The van der Waals surface area contributed by atoms with Crippen LogP contribution in [-0.4, -0.2) is 44.7 Å². The number of benzene rings is 1. The van der Waals surface area contributed by atoms with Gasteiger partial charge in [-0.3, -0.25) is 19.1 Å². The minimum Gasteiger partial charge on any atom is -0.480 e. The zero-order valence-corrected chi connectivity index (χ0v) is 11.8. The molecule has 0 saturated heterocycles. The molecule has 24 heavy (non-hydrogen) atoms. The van der Waals surface area contributed by atoms with E-state index < -0.39 is 36.9 Å². The number of nitrogens with one attached hydrogen (secondary N) is 1. The highest BCUT2D eigenvalue weighted by atomic mass is 19.4. The van der Waals surface area contributed by atoms with Gasteiger partial charge in [0.25, 0.3) is 0 Å². The molecule has 0 radical (unpaired) electrons. The second-order valence-corrected chi connectivity index (χ2v) is 4.70. The molecule has 1 aromatic carbocycles. The molecule has 1 amide bonds. The number of carbonyl (C=O) groups is 2. The van der Waals surface area contributed by atoms with Crippen molar-refractivity contribution in [3.05, 3.63) is 40.4 Å².